The van der Waals surface area contributed by atoms with Crippen LogP contribution in [0.15, 0.2) is 12.1 Å². The van der Waals surface area contributed by atoms with Crippen LogP contribution in [0.1, 0.15) is 11.6 Å². The van der Waals surface area contributed by atoms with Crippen molar-refractivity contribution >= 4 is 5.69 Å². The number of hydrogen-bond donors (Lipinski definition) is 2. The molecule has 0 amide bonds. The van der Waals surface area contributed by atoms with Crippen molar-refractivity contribution in [2.45, 2.75) is 6.04 Å². The van der Waals surface area contributed by atoms with Gasteiger partial charge in [-0.25, -0.2) is 0 Å². The number of nitro groups is 1. The molecule has 3 N–H and O–H groups in total. The molecule has 6 nitrogen and oxygen atoms in total. The zero-order valence-electron chi connectivity index (χ0n) is 7.14. The summed E-state index contributed by atoms with van der Waals surface area (Å²) in [5, 5.41) is 20.0. The summed E-state index contributed by atoms with van der Waals surface area (Å²) in [6.07, 6.45) is 0. The predicted octanol–water partition coefficient (Wildman–Crippen LogP) is 0.693. The van der Waals surface area contributed by atoms with Crippen molar-refractivity contribution in [3.63, 3.8) is 0 Å². The van der Waals surface area contributed by atoms with Gasteiger partial charge in [-0.1, -0.05) is 0 Å². The van der Waals surface area contributed by atoms with Crippen LogP contribution in [0.2, 0.25) is 0 Å². The van der Waals surface area contributed by atoms with Gasteiger partial charge in [0.15, 0.2) is 0 Å². The van der Waals surface area contributed by atoms with Crippen LogP contribution in [0.25, 0.3) is 0 Å². The maximum absolute atomic E-state index is 10.6. The predicted molar refractivity (Wildman–Crippen MR) is 47.2 cm³/mol. The molecule has 0 aromatic heterocycles. The van der Waals surface area contributed by atoms with Gasteiger partial charge in [0.2, 0.25) is 5.75 Å². The van der Waals surface area contributed by atoms with Gasteiger partial charge in [0, 0.05) is 6.07 Å². The molecule has 1 aromatic rings. The number of aromatic hydroxyl groups is 1. The lowest BCUT2D eigenvalue weighted by molar-refractivity contribution is -0.385. The fourth-order valence-electron chi connectivity index (χ4n) is 1.49. The molecule has 0 bridgehead atoms. The van der Waals surface area contributed by atoms with Gasteiger partial charge in [0.1, 0.15) is 12.4 Å². The maximum Gasteiger partial charge on any atom is 0.311 e. The van der Waals surface area contributed by atoms with Gasteiger partial charge in [0.05, 0.1) is 16.5 Å². The summed E-state index contributed by atoms with van der Waals surface area (Å²) in [5.74, 6) is 0.0260. The summed E-state index contributed by atoms with van der Waals surface area (Å²) in [4.78, 5) is 10.0. The highest BCUT2D eigenvalue weighted by molar-refractivity contribution is 5.60. The third kappa shape index (κ3) is 1.08. The second-order valence-corrected chi connectivity index (χ2v) is 3.02. The average Bonchev–Trinajstić information content (AvgIpc) is 2.49. The largest absolute Gasteiger partial charge is 0.507 e. The highest BCUT2D eigenvalue weighted by Gasteiger charge is 2.31. The van der Waals surface area contributed by atoms with Crippen LogP contribution in [0.3, 0.4) is 0 Å². The molecule has 1 aliphatic heterocycles. The number of nitrogens with two attached hydrogens (primary N) is 1. The van der Waals surface area contributed by atoms with Crippen molar-refractivity contribution in [3.8, 4) is 11.5 Å². The Morgan fingerprint density at radius 2 is 2.36 bits per heavy atom. The fourth-order valence-corrected chi connectivity index (χ4v) is 1.49. The number of benzene rings is 1. The first-order valence-electron chi connectivity index (χ1n) is 4.00. The Morgan fingerprint density at radius 3 is 3.00 bits per heavy atom. The minimum Gasteiger partial charge on any atom is -0.507 e. The topological polar surface area (TPSA) is 98.6 Å². The summed E-state index contributed by atoms with van der Waals surface area (Å²) in [7, 11) is 0. The Bertz CT molecular complexity index is 405. The van der Waals surface area contributed by atoms with E-state index >= 15 is 0 Å². The van der Waals surface area contributed by atoms with E-state index in [9.17, 15) is 15.2 Å². The molecule has 1 atom stereocenters. The van der Waals surface area contributed by atoms with Gasteiger partial charge >= 0.3 is 5.69 Å². The molecule has 2 rings (SSSR count). The molecular weight excluding hydrogens is 188 g/mol. The van der Waals surface area contributed by atoms with Gasteiger partial charge in [-0.2, -0.15) is 0 Å². The number of nitrogens with zero attached hydrogens (tertiary/aromatic N) is 1. The minimum atomic E-state index is -0.559. The van der Waals surface area contributed by atoms with E-state index in [0.717, 1.165) is 0 Å². The monoisotopic (exact) mass is 196 g/mol. The van der Waals surface area contributed by atoms with Crippen LogP contribution in [0, 0.1) is 10.1 Å². The Labute approximate surface area is 79.1 Å². The zero-order valence-corrected chi connectivity index (χ0v) is 7.14. The van der Waals surface area contributed by atoms with E-state index in [0.29, 0.717) is 5.56 Å². The van der Waals surface area contributed by atoms with Crippen molar-refractivity contribution in [1.82, 2.24) is 0 Å². The Balaban J connectivity index is 2.64. The molecule has 0 saturated heterocycles. The standard InChI is InChI=1S/C8H8N2O4/c9-4-3-14-8-5(10(12)13)1-2-6(11)7(4)8/h1-2,4,11H,3,9H2/t4-/m0/s1. The summed E-state index contributed by atoms with van der Waals surface area (Å²) in [5.41, 5.74) is 5.77. The highest BCUT2D eigenvalue weighted by atomic mass is 16.6. The van der Waals surface area contributed by atoms with Crippen molar-refractivity contribution < 1.29 is 14.8 Å². The number of hydrogen-bond acceptors (Lipinski definition) is 5. The Hall–Kier alpha value is -1.82. The van der Waals surface area contributed by atoms with Crippen LogP contribution in [0.4, 0.5) is 5.69 Å². The number of phenolic OH excluding ortho intramolecular Hbond substituents is 1. The summed E-state index contributed by atoms with van der Waals surface area (Å²) in [6.45, 7) is 0.160. The quantitative estimate of drug-likeness (QED) is 0.508. The molecular formula is C8H8N2O4. The first kappa shape index (κ1) is 8.76. The van der Waals surface area contributed by atoms with Gasteiger partial charge in [-0.3, -0.25) is 10.1 Å². The average molecular weight is 196 g/mol. The second-order valence-electron chi connectivity index (χ2n) is 3.02. The number of ether oxygens (including phenoxy) is 1. The Morgan fingerprint density at radius 1 is 1.64 bits per heavy atom. The van der Waals surface area contributed by atoms with Gasteiger partial charge in [-0.05, 0) is 6.07 Å². The molecule has 1 aliphatic rings. The SMILES string of the molecule is N[C@H]1COc2c([N+](=O)[O-])ccc(O)c21. The second kappa shape index (κ2) is 2.85. The number of fused-ring (bicyclic) bond motifs is 1. The van der Waals surface area contributed by atoms with Gasteiger partial charge in [-0.15, -0.1) is 0 Å². The van der Waals surface area contributed by atoms with E-state index in [-0.39, 0.29) is 23.8 Å². The first-order chi connectivity index (χ1) is 6.61. The molecule has 0 fully saturated rings. The smallest absolute Gasteiger partial charge is 0.311 e. The summed E-state index contributed by atoms with van der Waals surface area (Å²) < 4.78 is 5.06. The van der Waals surface area contributed by atoms with Crippen LogP contribution >= 0.6 is 0 Å². The highest BCUT2D eigenvalue weighted by Crippen LogP contribution is 2.43. The third-order valence-electron chi connectivity index (χ3n) is 2.13. The van der Waals surface area contributed by atoms with E-state index in [2.05, 4.69) is 0 Å². The van der Waals surface area contributed by atoms with E-state index in [1.54, 1.807) is 0 Å². The molecule has 0 unspecified atom stereocenters. The molecule has 0 aliphatic carbocycles. The van der Waals surface area contributed by atoms with E-state index in [1.807, 2.05) is 0 Å². The molecule has 0 spiro atoms. The molecule has 0 radical (unpaired) electrons. The summed E-state index contributed by atoms with van der Waals surface area (Å²) >= 11 is 0. The molecule has 0 saturated carbocycles. The number of phenols is 1. The third-order valence-corrected chi connectivity index (χ3v) is 2.13. The molecule has 1 heterocycles. The van der Waals surface area contributed by atoms with Gasteiger partial charge in [0.25, 0.3) is 0 Å². The van der Waals surface area contributed by atoms with Crippen molar-refractivity contribution in [1.29, 1.82) is 0 Å². The molecule has 1 aromatic carbocycles. The number of nitro benzene ring substituents is 1. The van der Waals surface area contributed by atoms with Crippen LogP contribution < -0.4 is 10.5 Å². The van der Waals surface area contributed by atoms with Crippen LogP contribution in [0.5, 0.6) is 11.5 Å². The maximum atomic E-state index is 10.6. The van der Waals surface area contributed by atoms with Crippen LogP contribution in [-0.4, -0.2) is 16.6 Å². The van der Waals surface area contributed by atoms with E-state index < -0.39 is 11.0 Å². The van der Waals surface area contributed by atoms with Gasteiger partial charge < -0.3 is 15.6 Å². The molecule has 6 heteroatoms. The van der Waals surface area contributed by atoms with Crippen molar-refractivity contribution in [2.75, 3.05) is 6.61 Å². The number of rotatable bonds is 1. The van der Waals surface area contributed by atoms with Crippen molar-refractivity contribution in [2.24, 2.45) is 5.73 Å². The fraction of sp³-hybridized carbons (Fsp3) is 0.250. The van der Waals surface area contributed by atoms with E-state index in [1.165, 1.54) is 12.1 Å². The Kier molecular flexibility index (Phi) is 1.78. The normalized spacial score (nSPS) is 18.8. The zero-order chi connectivity index (χ0) is 10.3. The molecule has 74 valence electrons. The lowest BCUT2D eigenvalue weighted by atomic mass is 10.1. The summed E-state index contributed by atoms with van der Waals surface area (Å²) in [6, 6.07) is 1.96. The van der Waals surface area contributed by atoms with E-state index in [4.69, 9.17) is 10.5 Å². The first-order valence-corrected chi connectivity index (χ1v) is 4.00. The lowest BCUT2D eigenvalue weighted by Gasteiger charge is -2.03. The minimum absolute atomic E-state index is 0.0596. The lowest BCUT2D eigenvalue weighted by Crippen LogP contribution is -2.10. The molecule has 14 heavy (non-hydrogen) atoms. The van der Waals surface area contributed by atoms with Crippen LogP contribution in [-0.2, 0) is 0 Å². The van der Waals surface area contributed by atoms with Crippen molar-refractivity contribution in [3.05, 3.63) is 27.8 Å².